The van der Waals surface area contributed by atoms with E-state index in [0.717, 1.165) is 11.1 Å². The van der Waals surface area contributed by atoms with E-state index in [2.05, 4.69) is 23.9 Å². The van der Waals surface area contributed by atoms with Gasteiger partial charge in [-0.3, -0.25) is 0 Å². The number of hydrogen-bond donors (Lipinski definition) is 0. The van der Waals surface area contributed by atoms with Crippen LogP contribution in [0.15, 0.2) is 24.7 Å². The first-order chi connectivity index (χ1) is 10.5. The molecule has 117 valence electrons. The number of nitrogens with zero attached hydrogens (tertiary/aromatic N) is 3. The molecule has 0 aliphatic heterocycles. The van der Waals surface area contributed by atoms with Crippen LogP contribution in [-0.4, -0.2) is 43.1 Å². The van der Waals surface area contributed by atoms with Crippen molar-refractivity contribution in [3.05, 3.63) is 29.8 Å². The second-order valence-corrected chi connectivity index (χ2v) is 9.09. The van der Waals surface area contributed by atoms with Crippen LogP contribution in [0.25, 0.3) is 11.1 Å². The summed E-state index contributed by atoms with van der Waals surface area (Å²) in [6, 6.07) is 1.93. The van der Waals surface area contributed by atoms with Crippen LogP contribution in [0.5, 0.6) is 0 Å². The zero-order valence-corrected chi connectivity index (χ0v) is 15.4. The van der Waals surface area contributed by atoms with E-state index in [-0.39, 0.29) is 28.3 Å². The Balaban J connectivity index is 2.25. The molecule has 0 saturated carbocycles. The molecule has 0 N–H and O–H groups in total. The van der Waals surface area contributed by atoms with Crippen molar-refractivity contribution in [3.63, 3.8) is 0 Å². The fraction of sp³-hybridized carbons (Fsp3) is 0.400. The van der Waals surface area contributed by atoms with Gasteiger partial charge >= 0.3 is 142 Å². The van der Waals surface area contributed by atoms with Gasteiger partial charge in [-0.15, -0.1) is 0 Å². The van der Waals surface area contributed by atoms with Crippen molar-refractivity contribution in [2.45, 2.75) is 32.0 Å². The number of halogens is 1. The molecule has 1 radical (unpaired) electrons. The van der Waals surface area contributed by atoms with E-state index in [1.807, 2.05) is 12.3 Å². The quantitative estimate of drug-likeness (QED) is 0.437. The third-order valence-electron chi connectivity index (χ3n) is 2.79. The molecule has 2 aromatic heterocycles. The predicted octanol–water partition coefficient (Wildman–Crippen LogP) is 2.32. The van der Waals surface area contributed by atoms with Gasteiger partial charge in [0.2, 0.25) is 0 Å². The van der Waals surface area contributed by atoms with Gasteiger partial charge in [-0.25, -0.2) is 0 Å². The van der Waals surface area contributed by atoms with E-state index in [1.165, 1.54) is 4.35 Å². The van der Waals surface area contributed by atoms with E-state index in [1.54, 1.807) is 24.0 Å². The molecule has 0 aliphatic rings. The van der Waals surface area contributed by atoms with E-state index in [4.69, 9.17) is 16.3 Å². The minimum atomic E-state index is -0.292. The summed E-state index contributed by atoms with van der Waals surface area (Å²) in [4.78, 5) is 15.7. The first-order valence-electron chi connectivity index (χ1n) is 7.04. The SMILES string of the molecule is CCOC(=O)Cn1cc(-c2cnc(Cl)cc2[As]C(C)C)cn1. The molecule has 22 heavy (non-hydrogen) atoms. The summed E-state index contributed by atoms with van der Waals surface area (Å²) < 4.78 is 8.33. The molecule has 0 bridgehead atoms. The Morgan fingerprint density at radius 2 is 2.23 bits per heavy atom. The molecule has 0 atom stereocenters. The molecule has 2 rings (SSSR count). The van der Waals surface area contributed by atoms with E-state index in [0.29, 0.717) is 16.5 Å². The number of carbonyl (C=O) groups is 1. The van der Waals surface area contributed by atoms with Gasteiger partial charge in [-0.2, -0.15) is 0 Å². The van der Waals surface area contributed by atoms with Gasteiger partial charge < -0.3 is 0 Å². The topological polar surface area (TPSA) is 57.0 Å². The first-order valence-corrected chi connectivity index (χ1v) is 9.44. The van der Waals surface area contributed by atoms with Crippen molar-refractivity contribution in [2.24, 2.45) is 0 Å². The van der Waals surface area contributed by atoms with Gasteiger partial charge in [0.15, 0.2) is 0 Å². The molecule has 5 nitrogen and oxygen atoms in total. The average molecular weight is 383 g/mol. The van der Waals surface area contributed by atoms with Gasteiger partial charge in [0.05, 0.1) is 0 Å². The summed E-state index contributed by atoms with van der Waals surface area (Å²) in [6.45, 7) is 6.66. The van der Waals surface area contributed by atoms with Crippen molar-refractivity contribution in [1.82, 2.24) is 14.8 Å². The van der Waals surface area contributed by atoms with Gasteiger partial charge in [-0.1, -0.05) is 0 Å². The van der Waals surface area contributed by atoms with Crippen LogP contribution in [-0.2, 0) is 16.1 Å². The molecule has 0 aromatic carbocycles. The Kier molecular flexibility index (Phi) is 6.04. The number of carbonyl (C=O) groups excluding carboxylic acids is 1. The molecule has 0 unspecified atom stereocenters. The van der Waals surface area contributed by atoms with Gasteiger partial charge in [0.25, 0.3) is 0 Å². The van der Waals surface area contributed by atoms with Crippen molar-refractivity contribution in [1.29, 1.82) is 0 Å². The number of ether oxygens (including phenoxy) is 1. The molecule has 0 fully saturated rings. The number of esters is 1. The fourth-order valence-electron chi connectivity index (χ4n) is 1.96. The number of pyridine rings is 1. The van der Waals surface area contributed by atoms with Crippen molar-refractivity contribution in [3.8, 4) is 11.1 Å². The van der Waals surface area contributed by atoms with Crippen molar-refractivity contribution < 1.29 is 9.53 Å². The summed E-state index contributed by atoms with van der Waals surface area (Å²) in [6.07, 6.45) is 5.36. The molecule has 2 aromatic rings. The molecule has 0 aliphatic carbocycles. The van der Waals surface area contributed by atoms with Crippen LogP contribution in [0.3, 0.4) is 0 Å². The van der Waals surface area contributed by atoms with Crippen molar-refractivity contribution >= 4 is 37.7 Å². The maximum absolute atomic E-state index is 11.5. The molecule has 7 heteroatoms. The molecule has 0 spiro atoms. The fourth-order valence-corrected chi connectivity index (χ4v) is 4.54. The first kappa shape index (κ1) is 17.0. The van der Waals surface area contributed by atoms with E-state index in [9.17, 15) is 4.79 Å². The summed E-state index contributed by atoms with van der Waals surface area (Å²) in [5.41, 5.74) is 1.98. The van der Waals surface area contributed by atoms with Crippen LogP contribution < -0.4 is 4.35 Å². The zero-order chi connectivity index (χ0) is 16.1. The predicted molar refractivity (Wildman–Crippen MR) is 87.6 cm³/mol. The molecular formula is C15H18AsClN3O2. The molecule has 0 amide bonds. The monoisotopic (exact) mass is 382 g/mol. The maximum atomic E-state index is 11.5. The third-order valence-corrected chi connectivity index (χ3v) is 5.44. The second-order valence-electron chi connectivity index (χ2n) is 4.98. The number of hydrogen-bond acceptors (Lipinski definition) is 4. The van der Waals surface area contributed by atoms with Crippen LogP contribution in [0.2, 0.25) is 9.86 Å². The molecular weight excluding hydrogens is 365 g/mol. The molecule has 2 heterocycles. The Labute approximate surface area is 141 Å². The van der Waals surface area contributed by atoms with Crippen LogP contribution in [0.4, 0.5) is 0 Å². The Morgan fingerprint density at radius 3 is 2.91 bits per heavy atom. The van der Waals surface area contributed by atoms with E-state index < -0.39 is 0 Å². The van der Waals surface area contributed by atoms with Gasteiger partial charge in [-0.05, 0) is 0 Å². The van der Waals surface area contributed by atoms with Crippen molar-refractivity contribution in [2.75, 3.05) is 6.61 Å². The third kappa shape index (κ3) is 4.59. The summed E-state index contributed by atoms with van der Waals surface area (Å²) >= 11 is 6.01. The van der Waals surface area contributed by atoms with Gasteiger partial charge in [0, 0.05) is 0 Å². The normalized spacial score (nSPS) is 11.5. The standard InChI is InChI=1S/C15H18AsClN3O2/c1-4-22-15(21)9-20-8-11(6-19-20)12-7-18-14(17)5-13(12)16-10(2)3/h5-8,10H,4,9H2,1-3H3. The second kappa shape index (κ2) is 7.79. The summed E-state index contributed by atoms with van der Waals surface area (Å²) in [5, 5.41) is 4.73. The van der Waals surface area contributed by atoms with Crippen LogP contribution >= 0.6 is 11.6 Å². The van der Waals surface area contributed by atoms with Crippen LogP contribution in [0, 0.1) is 0 Å². The average Bonchev–Trinajstić information content (AvgIpc) is 2.86. The minimum absolute atomic E-state index is 0.00653. The summed E-state index contributed by atoms with van der Waals surface area (Å²) in [7, 11) is 0. The summed E-state index contributed by atoms with van der Waals surface area (Å²) in [5.74, 6) is -0.292. The molecule has 0 saturated heterocycles. The Morgan fingerprint density at radius 1 is 1.45 bits per heavy atom. The van der Waals surface area contributed by atoms with Gasteiger partial charge in [0.1, 0.15) is 0 Å². The number of rotatable bonds is 6. The Hall–Kier alpha value is -1.32. The van der Waals surface area contributed by atoms with Crippen LogP contribution in [0.1, 0.15) is 20.8 Å². The Bertz CT molecular complexity index is 658. The van der Waals surface area contributed by atoms with E-state index >= 15 is 0 Å². The zero-order valence-electron chi connectivity index (χ0n) is 12.8. The number of aromatic nitrogens is 3.